The smallest absolute Gasteiger partial charge is 0.355 e. The molecule has 112 valence electrons. The van der Waals surface area contributed by atoms with E-state index in [9.17, 15) is 4.79 Å². The van der Waals surface area contributed by atoms with E-state index >= 15 is 0 Å². The van der Waals surface area contributed by atoms with Crippen molar-refractivity contribution in [3.8, 4) is 27.8 Å². The van der Waals surface area contributed by atoms with E-state index in [1.807, 2.05) is 0 Å². The van der Waals surface area contributed by atoms with Crippen molar-refractivity contribution in [3.63, 3.8) is 0 Å². The molecule has 6 nitrogen and oxygen atoms in total. The highest BCUT2D eigenvalue weighted by molar-refractivity contribution is 7.15. The van der Waals surface area contributed by atoms with Gasteiger partial charge in [-0.3, -0.25) is 0 Å². The minimum atomic E-state index is -1.05. The molecule has 7 heteroatoms. The Kier molecular flexibility index (Phi) is 4.32. The molecular formula is C14H15NO5S. The summed E-state index contributed by atoms with van der Waals surface area (Å²) in [5, 5.41) is 9.66. The SMILES string of the molecule is COc1ccc(-c2nc(C(=O)O)c(C)s2)c(OC)c1OC. The second kappa shape index (κ2) is 6.01. The van der Waals surface area contributed by atoms with Gasteiger partial charge in [0, 0.05) is 4.88 Å². The Morgan fingerprint density at radius 3 is 2.29 bits per heavy atom. The lowest BCUT2D eigenvalue weighted by Gasteiger charge is -2.14. The minimum absolute atomic E-state index is 0.0480. The standard InChI is InChI=1S/C14H15NO5S/c1-7-10(14(16)17)15-13(21-7)8-5-6-9(18-2)12(20-4)11(8)19-3/h5-6H,1-4H3,(H,16,17). The normalized spacial score (nSPS) is 10.3. The second-order valence-electron chi connectivity index (χ2n) is 4.11. The summed E-state index contributed by atoms with van der Waals surface area (Å²) < 4.78 is 15.9. The summed E-state index contributed by atoms with van der Waals surface area (Å²) in [6.45, 7) is 1.72. The van der Waals surface area contributed by atoms with Gasteiger partial charge in [-0.15, -0.1) is 11.3 Å². The number of aromatic nitrogens is 1. The Morgan fingerprint density at radius 2 is 1.81 bits per heavy atom. The number of nitrogens with zero attached hydrogens (tertiary/aromatic N) is 1. The Balaban J connectivity index is 2.64. The van der Waals surface area contributed by atoms with Crippen molar-refractivity contribution in [3.05, 3.63) is 22.7 Å². The third-order valence-electron chi connectivity index (χ3n) is 2.93. The molecule has 21 heavy (non-hydrogen) atoms. The molecule has 0 amide bonds. The predicted molar refractivity (Wildman–Crippen MR) is 78.9 cm³/mol. The first-order valence-electron chi connectivity index (χ1n) is 6.03. The van der Waals surface area contributed by atoms with Crippen molar-refractivity contribution < 1.29 is 24.1 Å². The maximum atomic E-state index is 11.1. The molecule has 2 rings (SSSR count). The van der Waals surface area contributed by atoms with E-state index in [0.717, 1.165) is 0 Å². The van der Waals surface area contributed by atoms with Gasteiger partial charge in [0.25, 0.3) is 0 Å². The Morgan fingerprint density at radius 1 is 1.14 bits per heavy atom. The Labute approximate surface area is 125 Å². The van der Waals surface area contributed by atoms with Gasteiger partial charge in [-0.2, -0.15) is 0 Å². The molecule has 0 radical (unpaired) electrons. The topological polar surface area (TPSA) is 77.9 Å². The molecule has 1 N–H and O–H groups in total. The zero-order valence-corrected chi connectivity index (χ0v) is 12.9. The molecule has 0 aliphatic heterocycles. The Hall–Kier alpha value is -2.28. The number of thiazole rings is 1. The van der Waals surface area contributed by atoms with Crippen LogP contribution in [0.5, 0.6) is 17.2 Å². The maximum absolute atomic E-state index is 11.1. The lowest BCUT2D eigenvalue weighted by Crippen LogP contribution is -1.99. The van der Waals surface area contributed by atoms with Gasteiger partial charge in [0.1, 0.15) is 5.01 Å². The van der Waals surface area contributed by atoms with Crippen molar-refractivity contribution >= 4 is 17.3 Å². The van der Waals surface area contributed by atoms with Crippen LogP contribution in [0.1, 0.15) is 15.4 Å². The summed E-state index contributed by atoms with van der Waals surface area (Å²) >= 11 is 1.29. The number of hydrogen-bond acceptors (Lipinski definition) is 6. The van der Waals surface area contributed by atoms with E-state index in [-0.39, 0.29) is 5.69 Å². The highest BCUT2D eigenvalue weighted by Crippen LogP contribution is 2.45. The summed E-state index contributed by atoms with van der Waals surface area (Å²) in [5.41, 5.74) is 0.711. The highest BCUT2D eigenvalue weighted by Gasteiger charge is 2.21. The van der Waals surface area contributed by atoms with Gasteiger partial charge in [0.05, 0.1) is 26.9 Å². The number of methoxy groups -OCH3 is 3. The second-order valence-corrected chi connectivity index (χ2v) is 5.31. The summed E-state index contributed by atoms with van der Waals surface area (Å²) in [6.07, 6.45) is 0. The first-order valence-corrected chi connectivity index (χ1v) is 6.85. The van der Waals surface area contributed by atoms with Crippen LogP contribution in [0.3, 0.4) is 0 Å². The molecule has 0 atom stereocenters. The van der Waals surface area contributed by atoms with Gasteiger partial charge in [0.2, 0.25) is 5.75 Å². The number of hydrogen-bond donors (Lipinski definition) is 1. The highest BCUT2D eigenvalue weighted by atomic mass is 32.1. The number of carboxylic acid groups (broad SMARTS) is 1. The lowest BCUT2D eigenvalue weighted by molar-refractivity contribution is 0.0690. The van der Waals surface area contributed by atoms with Crippen LogP contribution < -0.4 is 14.2 Å². The van der Waals surface area contributed by atoms with E-state index < -0.39 is 5.97 Å². The lowest BCUT2D eigenvalue weighted by atomic mass is 10.1. The molecule has 2 aromatic rings. The largest absolute Gasteiger partial charge is 0.493 e. The van der Waals surface area contributed by atoms with E-state index in [4.69, 9.17) is 19.3 Å². The summed E-state index contributed by atoms with van der Waals surface area (Å²) in [7, 11) is 4.56. The fraction of sp³-hybridized carbons (Fsp3) is 0.286. The molecule has 1 aromatic carbocycles. The first-order chi connectivity index (χ1) is 10.0. The van der Waals surface area contributed by atoms with E-state index in [1.165, 1.54) is 32.7 Å². The van der Waals surface area contributed by atoms with Crippen molar-refractivity contribution in [1.29, 1.82) is 0 Å². The number of carbonyl (C=O) groups is 1. The monoisotopic (exact) mass is 309 g/mol. The van der Waals surface area contributed by atoms with Crippen LogP contribution >= 0.6 is 11.3 Å². The summed E-state index contributed by atoms with van der Waals surface area (Å²) in [5.74, 6) is 0.393. The third-order valence-corrected chi connectivity index (χ3v) is 3.94. The number of aryl methyl sites for hydroxylation is 1. The van der Waals surface area contributed by atoms with Gasteiger partial charge in [-0.1, -0.05) is 0 Å². The maximum Gasteiger partial charge on any atom is 0.355 e. The van der Waals surface area contributed by atoms with Crippen molar-refractivity contribution in [2.24, 2.45) is 0 Å². The van der Waals surface area contributed by atoms with E-state index in [2.05, 4.69) is 4.98 Å². The van der Waals surface area contributed by atoms with Crippen LogP contribution in [0.15, 0.2) is 12.1 Å². The van der Waals surface area contributed by atoms with Gasteiger partial charge in [0.15, 0.2) is 17.2 Å². The van der Waals surface area contributed by atoms with Crippen LogP contribution in [0, 0.1) is 6.92 Å². The Bertz CT molecular complexity index is 680. The number of aromatic carboxylic acids is 1. The van der Waals surface area contributed by atoms with Crippen LogP contribution in [0.4, 0.5) is 0 Å². The van der Waals surface area contributed by atoms with Gasteiger partial charge in [-0.25, -0.2) is 9.78 Å². The predicted octanol–water partition coefficient (Wildman–Crippen LogP) is 2.84. The molecular weight excluding hydrogens is 294 g/mol. The molecule has 1 heterocycles. The van der Waals surface area contributed by atoms with Gasteiger partial charge < -0.3 is 19.3 Å². The molecule has 0 saturated carbocycles. The molecule has 1 aromatic heterocycles. The van der Waals surface area contributed by atoms with E-state index in [0.29, 0.717) is 32.7 Å². The van der Waals surface area contributed by atoms with Crippen LogP contribution in [-0.4, -0.2) is 37.4 Å². The average Bonchev–Trinajstić information content (AvgIpc) is 2.87. The number of benzene rings is 1. The first kappa shape index (κ1) is 15.1. The summed E-state index contributed by atoms with van der Waals surface area (Å²) in [6, 6.07) is 3.50. The minimum Gasteiger partial charge on any atom is -0.493 e. The molecule has 0 aliphatic carbocycles. The molecule has 0 bridgehead atoms. The molecule has 0 saturated heterocycles. The summed E-state index contributed by atoms with van der Waals surface area (Å²) in [4.78, 5) is 15.9. The zero-order valence-electron chi connectivity index (χ0n) is 12.1. The van der Waals surface area contributed by atoms with Crippen molar-refractivity contribution in [2.75, 3.05) is 21.3 Å². The number of carboxylic acids is 1. The number of ether oxygens (including phenoxy) is 3. The van der Waals surface area contributed by atoms with Crippen molar-refractivity contribution in [1.82, 2.24) is 4.98 Å². The quantitative estimate of drug-likeness (QED) is 0.915. The molecule has 0 spiro atoms. The molecule has 0 unspecified atom stereocenters. The van der Waals surface area contributed by atoms with Crippen LogP contribution in [0.25, 0.3) is 10.6 Å². The average molecular weight is 309 g/mol. The van der Waals surface area contributed by atoms with Crippen molar-refractivity contribution in [2.45, 2.75) is 6.92 Å². The van der Waals surface area contributed by atoms with Gasteiger partial charge in [-0.05, 0) is 19.1 Å². The molecule has 0 aliphatic rings. The fourth-order valence-electron chi connectivity index (χ4n) is 1.98. The fourth-order valence-corrected chi connectivity index (χ4v) is 2.91. The number of rotatable bonds is 5. The third kappa shape index (κ3) is 2.64. The zero-order chi connectivity index (χ0) is 15.6. The van der Waals surface area contributed by atoms with Crippen LogP contribution in [-0.2, 0) is 0 Å². The van der Waals surface area contributed by atoms with Gasteiger partial charge >= 0.3 is 5.97 Å². The molecule has 0 fully saturated rings. The van der Waals surface area contributed by atoms with E-state index in [1.54, 1.807) is 19.1 Å². The van der Waals surface area contributed by atoms with Crippen LogP contribution in [0.2, 0.25) is 0 Å².